The molecule has 108 valence electrons. The van der Waals surface area contributed by atoms with Crippen molar-refractivity contribution < 1.29 is 8.42 Å². The van der Waals surface area contributed by atoms with E-state index in [-0.39, 0.29) is 0 Å². The topological polar surface area (TPSA) is 49.4 Å². The largest absolute Gasteiger partial charge is 0.385 e. The Bertz CT molecular complexity index is 650. The number of sulfonamides is 1. The van der Waals surface area contributed by atoms with Gasteiger partial charge >= 0.3 is 0 Å². The van der Waals surface area contributed by atoms with E-state index in [1.165, 1.54) is 5.56 Å². The number of aryl methyl sites for hydroxylation is 1. The van der Waals surface area contributed by atoms with Crippen molar-refractivity contribution >= 4 is 15.7 Å². The Hall–Kier alpha value is -1.33. The summed E-state index contributed by atoms with van der Waals surface area (Å²) in [5, 5.41) is 3.29. The fourth-order valence-electron chi connectivity index (χ4n) is 2.83. The van der Waals surface area contributed by atoms with Crippen molar-refractivity contribution in [3.8, 4) is 0 Å². The lowest BCUT2D eigenvalue weighted by molar-refractivity contribution is 0.428. The van der Waals surface area contributed by atoms with Crippen LogP contribution in [0.4, 0.5) is 5.69 Å². The van der Waals surface area contributed by atoms with Crippen molar-refractivity contribution in [2.45, 2.75) is 31.1 Å². The lowest BCUT2D eigenvalue weighted by Gasteiger charge is -2.26. The SMILES string of the molecule is CC1=CCCN(S(=O)(=O)c2ccc3c(c2)NCCC3)C1. The predicted molar refractivity (Wildman–Crippen MR) is 80.4 cm³/mol. The van der Waals surface area contributed by atoms with Gasteiger partial charge in [0.1, 0.15) is 0 Å². The molecule has 0 amide bonds. The standard InChI is InChI=1S/C15H20N2O2S/c1-12-4-3-9-17(11-12)20(18,19)14-7-6-13-5-2-8-16-15(13)10-14/h4,6-7,10,16H,2-3,5,8-9,11H2,1H3. The zero-order chi connectivity index (χ0) is 14.2. The third kappa shape index (κ3) is 2.47. The van der Waals surface area contributed by atoms with Crippen molar-refractivity contribution in [1.29, 1.82) is 0 Å². The van der Waals surface area contributed by atoms with Gasteiger partial charge < -0.3 is 5.32 Å². The van der Waals surface area contributed by atoms with Crippen LogP contribution in [0.25, 0.3) is 0 Å². The second kappa shape index (κ2) is 5.22. The van der Waals surface area contributed by atoms with E-state index < -0.39 is 10.0 Å². The lowest BCUT2D eigenvalue weighted by atomic mass is 10.0. The molecule has 1 aromatic rings. The van der Waals surface area contributed by atoms with Gasteiger partial charge in [0.15, 0.2) is 0 Å². The first kappa shape index (κ1) is 13.6. The Kier molecular flexibility index (Phi) is 3.56. The summed E-state index contributed by atoms with van der Waals surface area (Å²) in [5.74, 6) is 0. The molecule has 2 aliphatic heterocycles. The highest BCUT2D eigenvalue weighted by Gasteiger charge is 2.26. The van der Waals surface area contributed by atoms with Crippen LogP contribution < -0.4 is 5.32 Å². The molecule has 0 spiro atoms. The average molecular weight is 292 g/mol. The zero-order valence-electron chi connectivity index (χ0n) is 11.7. The number of hydrogen-bond acceptors (Lipinski definition) is 3. The van der Waals surface area contributed by atoms with Gasteiger partial charge in [-0.2, -0.15) is 4.31 Å². The molecule has 0 unspecified atom stereocenters. The molecule has 0 saturated carbocycles. The number of anilines is 1. The zero-order valence-corrected chi connectivity index (χ0v) is 12.5. The Labute approximate surface area is 120 Å². The second-order valence-corrected chi connectivity index (χ2v) is 7.46. The third-order valence-corrected chi connectivity index (χ3v) is 5.80. The molecule has 0 saturated heterocycles. The van der Waals surface area contributed by atoms with E-state index in [4.69, 9.17) is 0 Å². The van der Waals surface area contributed by atoms with Gasteiger partial charge in [-0.1, -0.05) is 17.7 Å². The predicted octanol–water partition coefficient (Wildman–Crippen LogP) is 2.39. The van der Waals surface area contributed by atoms with Gasteiger partial charge in [0, 0.05) is 25.3 Å². The van der Waals surface area contributed by atoms with E-state index in [0.29, 0.717) is 18.0 Å². The molecule has 5 heteroatoms. The van der Waals surface area contributed by atoms with Crippen LogP contribution in [0.5, 0.6) is 0 Å². The molecular weight excluding hydrogens is 272 g/mol. The number of benzene rings is 1. The van der Waals surface area contributed by atoms with E-state index in [9.17, 15) is 8.42 Å². The highest BCUT2D eigenvalue weighted by Crippen LogP contribution is 2.27. The number of nitrogens with zero attached hydrogens (tertiary/aromatic N) is 1. The van der Waals surface area contributed by atoms with Crippen molar-refractivity contribution in [2.75, 3.05) is 25.0 Å². The van der Waals surface area contributed by atoms with Crippen molar-refractivity contribution in [3.63, 3.8) is 0 Å². The molecule has 20 heavy (non-hydrogen) atoms. The molecule has 2 aliphatic rings. The molecule has 0 bridgehead atoms. The summed E-state index contributed by atoms with van der Waals surface area (Å²) in [6.07, 6.45) is 5.04. The van der Waals surface area contributed by atoms with Gasteiger partial charge in [0.05, 0.1) is 4.90 Å². The summed E-state index contributed by atoms with van der Waals surface area (Å²) < 4.78 is 27.0. The molecule has 1 N–H and O–H groups in total. The van der Waals surface area contributed by atoms with Gasteiger partial charge in [-0.25, -0.2) is 8.42 Å². The minimum Gasteiger partial charge on any atom is -0.385 e. The van der Waals surface area contributed by atoms with Crippen LogP contribution >= 0.6 is 0 Å². The minimum atomic E-state index is -3.38. The molecule has 2 heterocycles. The number of fused-ring (bicyclic) bond motifs is 1. The molecule has 0 radical (unpaired) electrons. The Morgan fingerprint density at radius 3 is 2.95 bits per heavy atom. The monoisotopic (exact) mass is 292 g/mol. The van der Waals surface area contributed by atoms with Gasteiger partial charge in [0.25, 0.3) is 0 Å². The maximum Gasteiger partial charge on any atom is 0.243 e. The maximum absolute atomic E-state index is 12.7. The summed E-state index contributed by atoms with van der Waals surface area (Å²) in [4.78, 5) is 0.403. The first-order chi connectivity index (χ1) is 9.57. The van der Waals surface area contributed by atoms with Crippen LogP contribution in [0.2, 0.25) is 0 Å². The second-order valence-electron chi connectivity index (χ2n) is 5.53. The first-order valence-corrected chi connectivity index (χ1v) is 8.54. The van der Waals surface area contributed by atoms with E-state index in [0.717, 1.165) is 37.1 Å². The lowest BCUT2D eigenvalue weighted by Crippen LogP contribution is -2.35. The number of rotatable bonds is 2. The van der Waals surface area contributed by atoms with Crippen molar-refractivity contribution in [1.82, 2.24) is 4.31 Å². The van der Waals surface area contributed by atoms with E-state index in [1.807, 2.05) is 13.0 Å². The van der Waals surface area contributed by atoms with E-state index in [1.54, 1.807) is 16.4 Å². The molecule has 4 nitrogen and oxygen atoms in total. The molecular formula is C15H20N2O2S. The van der Waals surface area contributed by atoms with E-state index in [2.05, 4.69) is 11.4 Å². The van der Waals surface area contributed by atoms with Crippen LogP contribution in [-0.2, 0) is 16.4 Å². The quantitative estimate of drug-likeness (QED) is 0.852. The molecule has 0 aliphatic carbocycles. The summed E-state index contributed by atoms with van der Waals surface area (Å²) in [5.41, 5.74) is 3.31. The Balaban J connectivity index is 1.93. The van der Waals surface area contributed by atoms with Crippen molar-refractivity contribution in [2.24, 2.45) is 0 Å². The van der Waals surface area contributed by atoms with Crippen LogP contribution in [0.1, 0.15) is 25.3 Å². The van der Waals surface area contributed by atoms with Gasteiger partial charge in [-0.3, -0.25) is 0 Å². The smallest absolute Gasteiger partial charge is 0.243 e. The van der Waals surface area contributed by atoms with Gasteiger partial charge in [-0.15, -0.1) is 0 Å². The van der Waals surface area contributed by atoms with Crippen LogP contribution in [0.15, 0.2) is 34.7 Å². The van der Waals surface area contributed by atoms with Crippen LogP contribution in [-0.4, -0.2) is 32.4 Å². The fraction of sp³-hybridized carbons (Fsp3) is 0.467. The van der Waals surface area contributed by atoms with Crippen LogP contribution in [0.3, 0.4) is 0 Å². The average Bonchev–Trinajstić information content (AvgIpc) is 2.46. The molecule has 0 aromatic heterocycles. The summed E-state index contributed by atoms with van der Waals surface area (Å²) in [6, 6.07) is 5.48. The van der Waals surface area contributed by atoms with Gasteiger partial charge in [-0.05, 0) is 43.9 Å². The fourth-order valence-corrected chi connectivity index (χ4v) is 4.36. The molecule has 3 rings (SSSR count). The third-order valence-electron chi connectivity index (χ3n) is 3.95. The van der Waals surface area contributed by atoms with E-state index >= 15 is 0 Å². The minimum absolute atomic E-state index is 0.403. The van der Waals surface area contributed by atoms with Crippen LogP contribution in [0, 0.1) is 0 Å². The normalized spacial score (nSPS) is 19.9. The summed E-state index contributed by atoms with van der Waals surface area (Å²) in [6.45, 7) is 3.98. The molecule has 0 fully saturated rings. The van der Waals surface area contributed by atoms with Gasteiger partial charge in [0.2, 0.25) is 10.0 Å². The highest BCUT2D eigenvalue weighted by molar-refractivity contribution is 7.89. The Morgan fingerprint density at radius 2 is 2.15 bits per heavy atom. The molecule has 1 aromatic carbocycles. The number of hydrogen-bond donors (Lipinski definition) is 1. The summed E-state index contributed by atoms with van der Waals surface area (Å²) >= 11 is 0. The summed E-state index contributed by atoms with van der Waals surface area (Å²) in [7, 11) is -3.38. The Morgan fingerprint density at radius 1 is 1.30 bits per heavy atom. The van der Waals surface area contributed by atoms with Crippen molar-refractivity contribution in [3.05, 3.63) is 35.4 Å². The first-order valence-electron chi connectivity index (χ1n) is 7.10. The maximum atomic E-state index is 12.7. The number of nitrogens with one attached hydrogen (secondary N) is 1. The molecule has 0 atom stereocenters. The highest BCUT2D eigenvalue weighted by atomic mass is 32.2.